The van der Waals surface area contributed by atoms with Crippen LogP contribution in [0.3, 0.4) is 0 Å². The summed E-state index contributed by atoms with van der Waals surface area (Å²) in [7, 11) is 1.57. The molecule has 7 nitrogen and oxygen atoms in total. The molecule has 4 rings (SSSR count). The van der Waals surface area contributed by atoms with E-state index in [0.717, 1.165) is 64.0 Å². The smallest absolute Gasteiger partial charge is 0.407 e. The molecule has 0 radical (unpaired) electrons. The third kappa shape index (κ3) is 6.29. The first kappa shape index (κ1) is 27.5. The van der Waals surface area contributed by atoms with Crippen molar-refractivity contribution >= 4 is 11.8 Å². The van der Waals surface area contributed by atoms with Gasteiger partial charge in [-0.2, -0.15) is 10.5 Å². The third-order valence-electron chi connectivity index (χ3n) is 8.25. The number of ether oxygens (including phenoxy) is 1. The van der Waals surface area contributed by atoms with E-state index in [9.17, 15) is 10.1 Å². The van der Waals surface area contributed by atoms with Gasteiger partial charge in [-0.05, 0) is 68.1 Å². The number of nitrogens with zero attached hydrogens (tertiary/aromatic N) is 4. The average Bonchev–Trinajstić information content (AvgIpc) is 2.94. The first-order chi connectivity index (χ1) is 18.5. The Balaban J connectivity index is 1.38. The quantitative estimate of drug-likeness (QED) is 0.476. The van der Waals surface area contributed by atoms with Gasteiger partial charge in [0, 0.05) is 44.7 Å². The second kappa shape index (κ2) is 12.8. The number of carbonyl (C=O) groups is 1. The van der Waals surface area contributed by atoms with Crippen LogP contribution in [-0.2, 0) is 10.2 Å². The molecule has 1 N–H and O–H groups in total. The number of benzene rings is 2. The highest BCUT2D eigenvalue weighted by atomic mass is 16.6. The van der Waals surface area contributed by atoms with Crippen molar-refractivity contribution in [1.29, 1.82) is 10.5 Å². The van der Waals surface area contributed by atoms with E-state index in [-0.39, 0.29) is 12.0 Å². The van der Waals surface area contributed by atoms with Gasteiger partial charge in [0.15, 0.2) is 0 Å². The summed E-state index contributed by atoms with van der Waals surface area (Å²) in [6.07, 6.45) is 3.30. The van der Waals surface area contributed by atoms with Crippen LogP contribution in [0.1, 0.15) is 50.2 Å². The number of likely N-dealkylation sites (tertiary alicyclic amines) is 1. The number of amides is 1. The molecule has 2 unspecified atom stereocenters. The van der Waals surface area contributed by atoms with Crippen LogP contribution in [0.25, 0.3) is 0 Å². The molecule has 0 aromatic heterocycles. The molecule has 2 saturated heterocycles. The van der Waals surface area contributed by atoms with E-state index in [1.807, 2.05) is 42.5 Å². The van der Waals surface area contributed by atoms with Crippen molar-refractivity contribution < 1.29 is 9.53 Å². The molecular weight excluding hydrogens is 474 g/mol. The van der Waals surface area contributed by atoms with Gasteiger partial charge in [0.25, 0.3) is 0 Å². The molecule has 38 heavy (non-hydrogen) atoms. The number of hydrogen-bond acceptors (Lipinski definition) is 6. The van der Waals surface area contributed by atoms with Gasteiger partial charge in [-0.15, -0.1) is 0 Å². The predicted octanol–water partition coefficient (Wildman–Crippen LogP) is 5.08. The lowest BCUT2D eigenvalue weighted by molar-refractivity contribution is 0.0578. The van der Waals surface area contributed by atoms with Crippen LogP contribution in [0.5, 0.6) is 0 Å². The zero-order chi connectivity index (χ0) is 27.0. The fraction of sp³-hybridized carbons (Fsp3) is 0.516. The van der Waals surface area contributed by atoms with E-state index < -0.39 is 11.5 Å². The van der Waals surface area contributed by atoms with Gasteiger partial charge in [-0.3, -0.25) is 0 Å². The molecule has 2 aliphatic heterocycles. The van der Waals surface area contributed by atoms with Crippen LogP contribution in [0.4, 0.5) is 10.5 Å². The van der Waals surface area contributed by atoms with Crippen LogP contribution < -0.4 is 10.2 Å². The lowest BCUT2D eigenvalue weighted by atomic mass is 9.64. The van der Waals surface area contributed by atoms with E-state index in [2.05, 4.69) is 46.3 Å². The first-order valence-corrected chi connectivity index (χ1v) is 13.8. The minimum atomic E-state index is -0.690. The minimum absolute atomic E-state index is 0.204. The molecule has 2 aromatic carbocycles. The Morgan fingerprint density at radius 2 is 1.79 bits per heavy atom. The zero-order valence-electron chi connectivity index (χ0n) is 22.6. The normalized spacial score (nSPS) is 18.9. The summed E-state index contributed by atoms with van der Waals surface area (Å²) in [4.78, 5) is 17.0. The third-order valence-corrected chi connectivity index (χ3v) is 8.25. The molecule has 2 aromatic rings. The Morgan fingerprint density at radius 1 is 1.11 bits per heavy atom. The highest BCUT2D eigenvalue weighted by molar-refractivity contribution is 5.66. The largest absolute Gasteiger partial charge is 0.446 e. The van der Waals surface area contributed by atoms with Gasteiger partial charge in [0.1, 0.15) is 6.10 Å². The minimum Gasteiger partial charge on any atom is -0.446 e. The van der Waals surface area contributed by atoms with Crippen molar-refractivity contribution in [2.45, 2.75) is 50.5 Å². The molecule has 0 aliphatic carbocycles. The van der Waals surface area contributed by atoms with Crippen LogP contribution in [0.2, 0.25) is 0 Å². The molecule has 2 heterocycles. The van der Waals surface area contributed by atoms with E-state index in [0.29, 0.717) is 17.9 Å². The summed E-state index contributed by atoms with van der Waals surface area (Å²) in [6, 6.07) is 22.8. The van der Waals surface area contributed by atoms with Gasteiger partial charge in [-0.25, -0.2) is 4.79 Å². The van der Waals surface area contributed by atoms with Crippen molar-refractivity contribution in [1.82, 2.24) is 10.2 Å². The van der Waals surface area contributed by atoms with Crippen molar-refractivity contribution in [3.63, 3.8) is 0 Å². The van der Waals surface area contributed by atoms with Gasteiger partial charge in [-0.1, -0.05) is 43.7 Å². The number of carbonyl (C=O) groups excluding carboxylic acids is 1. The van der Waals surface area contributed by atoms with Crippen LogP contribution in [-0.4, -0.2) is 56.9 Å². The zero-order valence-corrected chi connectivity index (χ0v) is 22.6. The van der Waals surface area contributed by atoms with Crippen LogP contribution >= 0.6 is 0 Å². The summed E-state index contributed by atoms with van der Waals surface area (Å²) in [5.41, 5.74) is 2.21. The topological polar surface area (TPSA) is 92.4 Å². The Bertz CT molecular complexity index is 1130. The molecule has 2 atom stereocenters. The van der Waals surface area contributed by atoms with Gasteiger partial charge in [0.2, 0.25) is 0 Å². The maximum atomic E-state index is 12.1. The van der Waals surface area contributed by atoms with Crippen molar-refractivity contribution in [2.24, 2.45) is 11.8 Å². The van der Waals surface area contributed by atoms with Gasteiger partial charge >= 0.3 is 6.09 Å². The first-order valence-electron chi connectivity index (χ1n) is 13.8. The lowest BCUT2D eigenvalue weighted by Gasteiger charge is -2.46. The van der Waals surface area contributed by atoms with Crippen molar-refractivity contribution in [2.75, 3.05) is 44.7 Å². The SMILES string of the molecule is CCCC(CC(C#N)(c1ccccc1)C1CCN(CC2CN(c3ccc(C#N)cc3)C2)CC1)OC(=O)NC. The lowest BCUT2D eigenvalue weighted by Crippen LogP contribution is -2.53. The summed E-state index contributed by atoms with van der Waals surface area (Å²) in [6.45, 7) is 7.17. The molecule has 2 aliphatic rings. The number of nitrogens with one attached hydrogen (secondary N) is 1. The van der Waals surface area contributed by atoms with Gasteiger partial charge in [0.05, 0.1) is 23.1 Å². The van der Waals surface area contributed by atoms with Crippen LogP contribution in [0.15, 0.2) is 54.6 Å². The molecular formula is C31H39N5O2. The average molecular weight is 514 g/mol. The van der Waals surface area contributed by atoms with E-state index in [1.165, 1.54) is 5.69 Å². The molecule has 2 fully saturated rings. The number of rotatable bonds is 10. The Hall–Kier alpha value is -3.55. The fourth-order valence-corrected chi connectivity index (χ4v) is 6.17. The Labute approximate surface area is 227 Å². The van der Waals surface area contributed by atoms with E-state index in [4.69, 9.17) is 10.00 Å². The second-order valence-corrected chi connectivity index (χ2v) is 10.7. The van der Waals surface area contributed by atoms with Gasteiger partial charge < -0.3 is 19.9 Å². The number of hydrogen-bond donors (Lipinski definition) is 1. The summed E-state index contributed by atoms with van der Waals surface area (Å²) in [5, 5.41) is 22.3. The predicted molar refractivity (Wildman–Crippen MR) is 149 cm³/mol. The summed E-state index contributed by atoms with van der Waals surface area (Å²) in [5.74, 6) is 0.835. The summed E-state index contributed by atoms with van der Waals surface area (Å²) < 4.78 is 5.73. The number of alkyl carbamates (subject to hydrolysis) is 1. The molecule has 1 amide bonds. The van der Waals surface area contributed by atoms with Crippen molar-refractivity contribution in [3.8, 4) is 12.1 Å². The van der Waals surface area contributed by atoms with Crippen molar-refractivity contribution in [3.05, 3.63) is 65.7 Å². The number of nitriles is 2. The molecule has 0 spiro atoms. The molecule has 0 saturated carbocycles. The summed E-state index contributed by atoms with van der Waals surface area (Å²) >= 11 is 0. The van der Waals surface area contributed by atoms with E-state index >= 15 is 0 Å². The standard InChI is InChI=1S/C31H39N5O2/c1-3-7-29(38-30(37)34-2)18-31(23-33,26-8-5-4-6-9-26)27-14-16-35(17-15-27)20-25-21-36(22-25)28-12-10-24(19-32)11-13-28/h4-6,8-13,25,27,29H,3,7,14-18,20-22H2,1-2H3,(H,34,37). The number of anilines is 1. The Morgan fingerprint density at radius 3 is 2.37 bits per heavy atom. The number of piperidine rings is 1. The maximum absolute atomic E-state index is 12.1. The highest BCUT2D eigenvalue weighted by Crippen LogP contribution is 2.43. The molecule has 0 bridgehead atoms. The van der Waals surface area contributed by atoms with E-state index in [1.54, 1.807) is 7.05 Å². The maximum Gasteiger partial charge on any atom is 0.407 e. The second-order valence-electron chi connectivity index (χ2n) is 10.7. The molecule has 7 heteroatoms. The molecule has 200 valence electrons. The fourth-order valence-electron chi connectivity index (χ4n) is 6.17. The Kier molecular flexibility index (Phi) is 9.26. The monoisotopic (exact) mass is 513 g/mol. The highest BCUT2D eigenvalue weighted by Gasteiger charge is 2.44. The van der Waals surface area contributed by atoms with Crippen LogP contribution in [0, 0.1) is 34.5 Å².